The van der Waals surface area contributed by atoms with Gasteiger partial charge in [0.25, 0.3) is 0 Å². The number of nitrogens with zero attached hydrogens (tertiary/aromatic N) is 1. The zero-order chi connectivity index (χ0) is 6.20. The molecule has 0 aromatic carbocycles. The maximum Gasteiger partial charge on any atom is 0.129 e. The minimum atomic E-state index is -0.762. The Kier molecular flexibility index (Phi) is 1.10. The SMILES string of the molecule is CC1(C)N=CC[C@@H]1F. The van der Waals surface area contributed by atoms with E-state index in [9.17, 15) is 4.39 Å². The third kappa shape index (κ3) is 0.746. The smallest absolute Gasteiger partial charge is 0.129 e. The van der Waals surface area contributed by atoms with Gasteiger partial charge in [0, 0.05) is 12.6 Å². The quantitative estimate of drug-likeness (QED) is 0.454. The van der Waals surface area contributed by atoms with E-state index < -0.39 is 11.7 Å². The molecule has 0 aromatic rings. The van der Waals surface area contributed by atoms with Gasteiger partial charge in [0.05, 0.1) is 5.54 Å². The predicted octanol–water partition coefficient (Wildman–Crippen LogP) is 1.58. The van der Waals surface area contributed by atoms with Gasteiger partial charge in [0.2, 0.25) is 0 Å². The second kappa shape index (κ2) is 1.54. The number of halogens is 1. The molecule has 1 rings (SSSR count). The highest BCUT2D eigenvalue weighted by Gasteiger charge is 2.31. The summed E-state index contributed by atoms with van der Waals surface area (Å²) in [6.45, 7) is 3.61. The van der Waals surface area contributed by atoms with E-state index >= 15 is 0 Å². The monoisotopic (exact) mass is 115 g/mol. The van der Waals surface area contributed by atoms with Gasteiger partial charge in [-0.1, -0.05) is 0 Å². The lowest BCUT2D eigenvalue weighted by atomic mass is 10.0. The zero-order valence-corrected chi connectivity index (χ0v) is 5.19. The van der Waals surface area contributed by atoms with Crippen LogP contribution in [0.3, 0.4) is 0 Å². The van der Waals surface area contributed by atoms with Crippen LogP contribution in [0.25, 0.3) is 0 Å². The molecule has 1 atom stereocenters. The summed E-state index contributed by atoms with van der Waals surface area (Å²) in [5.41, 5.74) is -0.444. The van der Waals surface area contributed by atoms with Crippen molar-refractivity contribution in [3.63, 3.8) is 0 Å². The molecule has 1 heterocycles. The summed E-state index contributed by atoms with van der Waals surface area (Å²) in [5.74, 6) is 0. The maximum absolute atomic E-state index is 12.6. The Balaban J connectivity index is 2.67. The van der Waals surface area contributed by atoms with Crippen LogP contribution in [0, 0.1) is 0 Å². The molecule has 1 aliphatic heterocycles. The van der Waals surface area contributed by atoms with Crippen LogP contribution in [0.15, 0.2) is 4.99 Å². The van der Waals surface area contributed by atoms with Crippen molar-refractivity contribution in [2.75, 3.05) is 0 Å². The molecule has 1 aliphatic rings. The Morgan fingerprint density at radius 1 is 1.75 bits per heavy atom. The van der Waals surface area contributed by atoms with Gasteiger partial charge in [-0.2, -0.15) is 0 Å². The molecule has 8 heavy (non-hydrogen) atoms. The van der Waals surface area contributed by atoms with Crippen LogP contribution in [0.4, 0.5) is 4.39 Å². The first-order valence-corrected chi connectivity index (χ1v) is 2.81. The van der Waals surface area contributed by atoms with Crippen LogP contribution in [0.5, 0.6) is 0 Å². The first-order chi connectivity index (χ1) is 3.63. The molecule has 0 saturated heterocycles. The highest BCUT2D eigenvalue weighted by Crippen LogP contribution is 2.24. The van der Waals surface area contributed by atoms with E-state index in [-0.39, 0.29) is 0 Å². The molecule has 0 amide bonds. The van der Waals surface area contributed by atoms with Crippen molar-refractivity contribution in [3.05, 3.63) is 0 Å². The van der Waals surface area contributed by atoms with E-state index in [0.717, 1.165) is 0 Å². The van der Waals surface area contributed by atoms with Crippen molar-refractivity contribution in [1.82, 2.24) is 0 Å². The van der Waals surface area contributed by atoms with Crippen LogP contribution < -0.4 is 0 Å². The topological polar surface area (TPSA) is 12.4 Å². The van der Waals surface area contributed by atoms with Crippen molar-refractivity contribution >= 4 is 6.21 Å². The van der Waals surface area contributed by atoms with Gasteiger partial charge in [0.15, 0.2) is 0 Å². The molecule has 0 spiro atoms. The number of alkyl halides is 1. The molecule has 0 radical (unpaired) electrons. The van der Waals surface area contributed by atoms with Crippen LogP contribution in [0.2, 0.25) is 0 Å². The summed E-state index contributed by atoms with van der Waals surface area (Å²) < 4.78 is 12.6. The Hall–Kier alpha value is -0.400. The fraction of sp³-hybridized carbons (Fsp3) is 0.833. The standard InChI is InChI=1S/C6H10FN/c1-6(2)5(7)3-4-8-6/h4-5H,3H2,1-2H3/t5-/m0/s1. The van der Waals surface area contributed by atoms with Gasteiger partial charge in [-0.15, -0.1) is 0 Å². The normalized spacial score (nSPS) is 33.6. The van der Waals surface area contributed by atoms with Gasteiger partial charge in [-0.25, -0.2) is 4.39 Å². The van der Waals surface area contributed by atoms with Crippen LogP contribution >= 0.6 is 0 Å². The Morgan fingerprint density at radius 2 is 2.38 bits per heavy atom. The summed E-state index contributed by atoms with van der Waals surface area (Å²) in [5, 5.41) is 0. The predicted molar refractivity (Wildman–Crippen MR) is 32.1 cm³/mol. The Labute approximate surface area is 48.6 Å². The van der Waals surface area contributed by atoms with Crippen LogP contribution in [-0.2, 0) is 0 Å². The fourth-order valence-corrected chi connectivity index (χ4v) is 0.750. The summed E-state index contributed by atoms with van der Waals surface area (Å²) in [6, 6.07) is 0. The molecule has 0 N–H and O–H groups in total. The average molecular weight is 115 g/mol. The second-order valence-corrected chi connectivity index (χ2v) is 2.67. The van der Waals surface area contributed by atoms with Gasteiger partial charge in [-0.3, -0.25) is 4.99 Å². The summed E-state index contributed by atoms with van der Waals surface area (Å²) in [6.07, 6.45) is 1.39. The molecule has 1 nitrogen and oxygen atoms in total. The van der Waals surface area contributed by atoms with Crippen molar-refractivity contribution < 1.29 is 4.39 Å². The van der Waals surface area contributed by atoms with Crippen molar-refractivity contribution in [2.24, 2.45) is 4.99 Å². The van der Waals surface area contributed by atoms with Crippen LogP contribution in [-0.4, -0.2) is 17.9 Å². The lowest BCUT2D eigenvalue weighted by molar-refractivity contribution is 0.247. The zero-order valence-electron chi connectivity index (χ0n) is 5.19. The largest absolute Gasteiger partial charge is 0.288 e. The number of rotatable bonds is 0. The summed E-state index contributed by atoms with van der Waals surface area (Å²) >= 11 is 0. The van der Waals surface area contributed by atoms with Crippen molar-refractivity contribution in [1.29, 1.82) is 0 Å². The van der Waals surface area contributed by atoms with Gasteiger partial charge in [0.1, 0.15) is 6.17 Å². The van der Waals surface area contributed by atoms with E-state index in [1.54, 1.807) is 20.1 Å². The first-order valence-electron chi connectivity index (χ1n) is 2.81. The van der Waals surface area contributed by atoms with E-state index in [1.807, 2.05) is 0 Å². The lowest BCUT2D eigenvalue weighted by Crippen LogP contribution is -2.25. The van der Waals surface area contributed by atoms with Crippen molar-refractivity contribution in [2.45, 2.75) is 32.0 Å². The molecule has 0 aromatic heterocycles. The first kappa shape index (κ1) is 5.73. The molecular weight excluding hydrogens is 105 g/mol. The number of hydrogen-bond acceptors (Lipinski definition) is 1. The molecule has 0 unspecified atom stereocenters. The molecule has 0 bridgehead atoms. The van der Waals surface area contributed by atoms with E-state index in [0.29, 0.717) is 6.42 Å². The lowest BCUT2D eigenvalue weighted by Gasteiger charge is -2.16. The Morgan fingerprint density at radius 3 is 2.50 bits per heavy atom. The molecule has 0 saturated carbocycles. The van der Waals surface area contributed by atoms with Crippen molar-refractivity contribution in [3.8, 4) is 0 Å². The van der Waals surface area contributed by atoms with E-state index in [2.05, 4.69) is 4.99 Å². The maximum atomic E-state index is 12.6. The van der Waals surface area contributed by atoms with E-state index in [1.165, 1.54) is 0 Å². The molecular formula is C6H10FN. The molecule has 0 aliphatic carbocycles. The minimum absolute atomic E-state index is 0.444. The summed E-state index contributed by atoms with van der Waals surface area (Å²) in [4.78, 5) is 3.95. The van der Waals surface area contributed by atoms with Gasteiger partial charge < -0.3 is 0 Å². The average Bonchev–Trinajstić information content (AvgIpc) is 1.86. The third-order valence-corrected chi connectivity index (χ3v) is 1.50. The number of hydrogen-bond donors (Lipinski definition) is 0. The highest BCUT2D eigenvalue weighted by atomic mass is 19.1. The molecule has 2 heteroatoms. The van der Waals surface area contributed by atoms with E-state index in [4.69, 9.17) is 0 Å². The second-order valence-electron chi connectivity index (χ2n) is 2.67. The van der Waals surface area contributed by atoms with Gasteiger partial charge >= 0.3 is 0 Å². The number of aliphatic imine (C=N–C) groups is 1. The minimum Gasteiger partial charge on any atom is -0.288 e. The van der Waals surface area contributed by atoms with Gasteiger partial charge in [-0.05, 0) is 13.8 Å². The fourth-order valence-electron chi connectivity index (χ4n) is 0.750. The molecule has 0 fully saturated rings. The summed E-state index contributed by atoms with van der Waals surface area (Å²) in [7, 11) is 0. The Bertz CT molecular complexity index is 118. The highest BCUT2D eigenvalue weighted by molar-refractivity contribution is 5.62. The third-order valence-electron chi connectivity index (χ3n) is 1.50. The molecule has 46 valence electrons. The van der Waals surface area contributed by atoms with Crippen LogP contribution in [0.1, 0.15) is 20.3 Å².